The third kappa shape index (κ3) is 1.82. The minimum atomic E-state index is -0.542. The van der Waals surface area contributed by atoms with Crippen LogP contribution in [0.15, 0.2) is 30.3 Å². The average molecular weight is 202 g/mol. The standard InChI is InChI=1S/C13H16NO/c1-11(15)13(9-5-6-10-14-13)12-7-3-2-4-8-12/h2-4,7-8H,5-6,9-10H2,1H3. The number of carbonyl (C=O) groups excluding carboxylic acids is 1. The first-order chi connectivity index (χ1) is 7.26. The van der Waals surface area contributed by atoms with Crippen molar-refractivity contribution in [1.29, 1.82) is 0 Å². The van der Waals surface area contributed by atoms with Gasteiger partial charge in [0.25, 0.3) is 0 Å². The molecule has 0 amide bonds. The summed E-state index contributed by atoms with van der Waals surface area (Å²) < 4.78 is 0. The van der Waals surface area contributed by atoms with Crippen molar-refractivity contribution in [3.05, 3.63) is 35.9 Å². The van der Waals surface area contributed by atoms with Crippen LogP contribution in [0.3, 0.4) is 0 Å². The van der Waals surface area contributed by atoms with E-state index in [-0.39, 0.29) is 5.78 Å². The molecule has 0 aliphatic carbocycles. The quantitative estimate of drug-likeness (QED) is 0.723. The summed E-state index contributed by atoms with van der Waals surface area (Å²) in [6, 6.07) is 9.95. The number of carbonyl (C=O) groups is 1. The fourth-order valence-electron chi connectivity index (χ4n) is 2.28. The highest BCUT2D eigenvalue weighted by Gasteiger charge is 2.39. The van der Waals surface area contributed by atoms with Gasteiger partial charge in [-0.3, -0.25) is 4.79 Å². The fourth-order valence-corrected chi connectivity index (χ4v) is 2.28. The van der Waals surface area contributed by atoms with E-state index in [1.807, 2.05) is 30.3 Å². The number of nitrogens with zero attached hydrogens (tertiary/aromatic N) is 1. The number of ketones is 1. The predicted molar refractivity (Wildman–Crippen MR) is 59.7 cm³/mol. The van der Waals surface area contributed by atoms with E-state index in [0.29, 0.717) is 0 Å². The lowest BCUT2D eigenvalue weighted by Gasteiger charge is -2.34. The maximum Gasteiger partial charge on any atom is 0.155 e. The third-order valence-corrected chi connectivity index (χ3v) is 3.16. The highest BCUT2D eigenvalue weighted by atomic mass is 16.1. The van der Waals surface area contributed by atoms with Crippen molar-refractivity contribution in [2.45, 2.75) is 31.7 Å². The van der Waals surface area contributed by atoms with Crippen molar-refractivity contribution in [3.63, 3.8) is 0 Å². The molecular formula is C13H16NO. The Hall–Kier alpha value is -1.15. The Morgan fingerprint density at radius 2 is 2.00 bits per heavy atom. The van der Waals surface area contributed by atoms with Crippen molar-refractivity contribution >= 4 is 5.78 Å². The van der Waals surface area contributed by atoms with Crippen LogP contribution in [0.25, 0.3) is 0 Å². The van der Waals surface area contributed by atoms with Crippen molar-refractivity contribution < 1.29 is 4.79 Å². The monoisotopic (exact) mass is 202 g/mol. The van der Waals surface area contributed by atoms with Gasteiger partial charge in [0, 0.05) is 6.54 Å². The molecule has 2 nitrogen and oxygen atoms in total. The molecule has 0 bridgehead atoms. The minimum Gasteiger partial charge on any atom is -0.297 e. The molecule has 79 valence electrons. The lowest BCUT2D eigenvalue weighted by molar-refractivity contribution is -0.124. The normalized spacial score (nSPS) is 26.2. The van der Waals surface area contributed by atoms with Crippen LogP contribution in [0.1, 0.15) is 31.7 Å². The van der Waals surface area contributed by atoms with Gasteiger partial charge in [0.05, 0.1) is 0 Å². The molecule has 1 saturated heterocycles. The highest BCUT2D eigenvalue weighted by Crippen LogP contribution is 2.32. The smallest absolute Gasteiger partial charge is 0.155 e. The van der Waals surface area contributed by atoms with E-state index >= 15 is 0 Å². The van der Waals surface area contributed by atoms with Gasteiger partial charge in [-0.2, -0.15) is 0 Å². The largest absolute Gasteiger partial charge is 0.297 e. The van der Waals surface area contributed by atoms with Gasteiger partial charge in [0.1, 0.15) is 5.54 Å². The lowest BCUT2D eigenvalue weighted by atomic mass is 9.79. The second-order valence-electron chi connectivity index (χ2n) is 4.12. The van der Waals surface area contributed by atoms with Crippen LogP contribution in [0.2, 0.25) is 0 Å². The van der Waals surface area contributed by atoms with Crippen LogP contribution in [-0.2, 0) is 10.3 Å². The van der Waals surface area contributed by atoms with Crippen molar-refractivity contribution in [3.8, 4) is 0 Å². The van der Waals surface area contributed by atoms with Crippen LogP contribution >= 0.6 is 0 Å². The molecule has 1 radical (unpaired) electrons. The van der Waals surface area contributed by atoms with Gasteiger partial charge in [-0.25, -0.2) is 5.32 Å². The zero-order valence-corrected chi connectivity index (χ0v) is 9.07. The summed E-state index contributed by atoms with van der Waals surface area (Å²) in [6.45, 7) is 2.47. The minimum absolute atomic E-state index is 0.174. The number of Topliss-reactive ketones (excluding diaryl/α,β-unsaturated/α-hetero) is 1. The summed E-state index contributed by atoms with van der Waals surface area (Å²) in [6.07, 6.45) is 3.08. The molecule has 1 fully saturated rings. The predicted octanol–water partition coefficient (Wildman–Crippen LogP) is 2.26. The Morgan fingerprint density at radius 1 is 1.27 bits per heavy atom. The van der Waals surface area contributed by atoms with Crippen molar-refractivity contribution in [2.75, 3.05) is 6.54 Å². The highest BCUT2D eigenvalue weighted by molar-refractivity contribution is 5.87. The van der Waals surface area contributed by atoms with E-state index in [0.717, 1.165) is 31.4 Å². The first-order valence-corrected chi connectivity index (χ1v) is 5.51. The summed E-state index contributed by atoms with van der Waals surface area (Å²) >= 11 is 0. The molecule has 0 saturated carbocycles. The van der Waals surface area contributed by atoms with E-state index in [2.05, 4.69) is 5.32 Å². The molecular weight excluding hydrogens is 186 g/mol. The Labute approximate surface area is 90.7 Å². The number of hydrogen-bond donors (Lipinski definition) is 0. The number of hydrogen-bond acceptors (Lipinski definition) is 1. The second-order valence-corrected chi connectivity index (χ2v) is 4.12. The first-order valence-electron chi connectivity index (χ1n) is 5.51. The molecule has 0 aromatic heterocycles. The summed E-state index contributed by atoms with van der Waals surface area (Å²) in [5.74, 6) is 0.174. The Kier molecular flexibility index (Phi) is 2.87. The summed E-state index contributed by atoms with van der Waals surface area (Å²) in [7, 11) is 0. The molecule has 1 heterocycles. The average Bonchev–Trinajstić information content (AvgIpc) is 2.31. The third-order valence-electron chi connectivity index (χ3n) is 3.16. The van der Waals surface area contributed by atoms with Crippen LogP contribution in [-0.4, -0.2) is 12.3 Å². The molecule has 2 heteroatoms. The van der Waals surface area contributed by atoms with E-state index in [9.17, 15) is 4.79 Å². The molecule has 2 rings (SSSR count). The summed E-state index contributed by atoms with van der Waals surface area (Å²) in [5, 5.41) is 4.58. The van der Waals surface area contributed by atoms with Crippen LogP contribution < -0.4 is 5.32 Å². The molecule has 1 atom stereocenters. The van der Waals surface area contributed by atoms with E-state index in [1.165, 1.54) is 0 Å². The van der Waals surface area contributed by atoms with Crippen LogP contribution in [0.4, 0.5) is 0 Å². The molecule has 1 aromatic carbocycles. The molecule has 0 spiro atoms. The molecule has 0 N–H and O–H groups in total. The fraction of sp³-hybridized carbons (Fsp3) is 0.462. The molecule has 1 unspecified atom stereocenters. The SMILES string of the molecule is CC(=O)C1(c2ccccc2)CCCC[N]1. The van der Waals surface area contributed by atoms with Gasteiger partial charge >= 0.3 is 0 Å². The lowest BCUT2D eigenvalue weighted by Crippen LogP contribution is -2.46. The summed E-state index contributed by atoms with van der Waals surface area (Å²) in [4.78, 5) is 11.8. The Balaban J connectivity index is 2.38. The van der Waals surface area contributed by atoms with Gasteiger partial charge in [-0.15, -0.1) is 0 Å². The van der Waals surface area contributed by atoms with Gasteiger partial charge in [-0.1, -0.05) is 30.3 Å². The Morgan fingerprint density at radius 3 is 2.53 bits per heavy atom. The van der Waals surface area contributed by atoms with Gasteiger partial charge < -0.3 is 0 Å². The van der Waals surface area contributed by atoms with E-state index in [4.69, 9.17) is 0 Å². The molecule has 15 heavy (non-hydrogen) atoms. The Bertz CT molecular complexity index is 339. The number of benzene rings is 1. The number of piperidine rings is 1. The second kappa shape index (κ2) is 4.15. The maximum atomic E-state index is 11.8. The van der Waals surface area contributed by atoms with Crippen molar-refractivity contribution in [2.24, 2.45) is 0 Å². The first kappa shape index (κ1) is 10.4. The summed E-state index contributed by atoms with van der Waals surface area (Å²) in [5.41, 5.74) is 0.511. The zero-order chi connectivity index (χ0) is 10.7. The van der Waals surface area contributed by atoms with Gasteiger partial charge in [0.2, 0.25) is 0 Å². The zero-order valence-electron chi connectivity index (χ0n) is 9.07. The number of rotatable bonds is 2. The van der Waals surface area contributed by atoms with Gasteiger partial charge in [0.15, 0.2) is 5.78 Å². The maximum absolute atomic E-state index is 11.8. The van der Waals surface area contributed by atoms with E-state index in [1.54, 1.807) is 6.92 Å². The van der Waals surface area contributed by atoms with Crippen molar-refractivity contribution in [1.82, 2.24) is 5.32 Å². The van der Waals surface area contributed by atoms with Crippen LogP contribution in [0.5, 0.6) is 0 Å². The molecule has 1 aromatic rings. The van der Waals surface area contributed by atoms with Gasteiger partial charge in [-0.05, 0) is 31.7 Å². The van der Waals surface area contributed by atoms with E-state index < -0.39 is 5.54 Å². The molecule has 1 aliphatic rings. The van der Waals surface area contributed by atoms with Crippen LogP contribution in [0, 0.1) is 0 Å². The molecule has 1 aliphatic heterocycles. The topological polar surface area (TPSA) is 31.2 Å².